The molecule has 3 saturated heterocycles. The van der Waals surface area contributed by atoms with Gasteiger partial charge in [0.05, 0.1) is 12.6 Å². The lowest BCUT2D eigenvalue weighted by atomic mass is 9.81. The molecule has 1 spiro atoms. The largest absolute Gasteiger partial charge is 0.450 e. The van der Waals surface area contributed by atoms with Crippen LogP contribution in [-0.4, -0.2) is 59.6 Å². The Labute approximate surface area is 184 Å². The standard InChI is InChI=1S/C24H32FN3O3.H2/c1-3-31-23(30)28-17-5-6-18(28)12-19(11-17)27-9-8-24(14-27)13-22(26-15(2)29)20-10-16(25)4-7-21(20)24;/h4,7,10,17-19,22H,3,5-6,8-9,11-14H2,1-2H3,(H,26,29);1H/t17?,18?,19?,22-,24?;/m0./s1. The lowest BCUT2D eigenvalue weighted by Crippen LogP contribution is -2.52. The Hall–Kier alpha value is -2.15. The van der Waals surface area contributed by atoms with Gasteiger partial charge in [-0.1, -0.05) is 6.07 Å². The molecule has 4 atom stereocenters. The maximum absolute atomic E-state index is 14.0. The fraction of sp³-hybridized carbons (Fsp3) is 0.667. The Morgan fingerprint density at radius 2 is 2.00 bits per heavy atom. The second kappa shape index (κ2) is 7.76. The number of fused-ring (bicyclic) bond motifs is 4. The highest BCUT2D eigenvalue weighted by Gasteiger charge is 2.52. The number of halogens is 1. The van der Waals surface area contributed by atoms with E-state index in [1.165, 1.54) is 12.5 Å². The fourth-order valence-corrected chi connectivity index (χ4v) is 6.83. The first kappa shape index (κ1) is 20.7. The highest BCUT2D eigenvalue weighted by molar-refractivity contribution is 5.74. The molecule has 4 aliphatic rings. The van der Waals surface area contributed by atoms with Crippen molar-refractivity contribution in [2.45, 2.75) is 82.0 Å². The Bertz CT molecular complexity index is 885. The molecule has 2 bridgehead atoms. The van der Waals surface area contributed by atoms with E-state index in [0.717, 1.165) is 57.2 Å². The first-order chi connectivity index (χ1) is 14.9. The summed E-state index contributed by atoms with van der Waals surface area (Å²) in [5.74, 6) is -0.320. The molecule has 3 unspecified atom stereocenters. The van der Waals surface area contributed by atoms with E-state index in [1.54, 1.807) is 12.1 Å². The molecule has 1 aromatic rings. The first-order valence-corrected chi connectivity index (χ1v) is 11.7. The molecule has 3 fully saturated rings. The molecule has 1 aromatic carbocycles. The Kier molecular flexibility index (Phi) is 5.19. The lowest BCUT2D eigenvalue weighted by molar-refractivity contribution is -0.119. The smallest absolute Gasteiger partial charge is 0.410 e. The van der Waals surface area contributed by atoms with Crippen LogP contribution >= 0.6 is 0 Å². The summed E-state index contributed by atoms with van der Waals surface area (Å²) in [5.41, 5.74) is 2.10. The summed E-state index contributed by atoms with van der Waals surface area (Å²) in [7, 11) is 0. The van der Waals surface area contributed by atoms with Gasteiger partial charge in [0.25, 0.3) is 0 Å². The number of nitrogens with zero attached hydrogens (tertiary/aromatic N) is 2. The summed E-state index contributed by atoms with van der Waals surface area (Å²) >= 11 is 0. The van der Waals surface area contributed by atoms with Crippen LogP contribution in [0.2, 0.25) is 0 Å². The predicted molar refractivity (Wildman–Crippen MR) is 116 cm³/mol. The van der Waals surface area contributed by atoms with Gasteiger partial charge in [0, 0.05) is 38.4 Å². The van der Waals surface area contributed by atoms with Gasteiger partial charge in [0.1, 0.15) is 5.82 Å². The van der Waals surface area contributed by atoms with Gasteiger partial charge in [-0.05, 0) is 75.3 Å². The Morgan fingerprint density at radius 3 is 2.68 bits per heavy atom. The van der Waals surface area contributed by atoms with Crippen molar-refractivity contribution in [3.63, 3.8) is 0 Å². The van der Waals surface area contributed by atoms with Gasteiger partial charge < -0.3 is 15.0 Å². The van der Waals surface area contributed by atoms with Gasteiger partial charge in [-0.25, -0.2) is 9.18 Å². The SMILES string of the molecule is CCOC(=O)N1C2CCC1CC(N1CCC3(C[C@H](NC(C)=O)c4cc(F)ccc43)C1)C2.[HH]. The summed E-state index contributed by atoms with van der Waals surface area (Å²) < 4.78 is 19.3. The van der Waals surface area contributed by atoms with Crippen molar-refractivity contribution in [2.75, 3.05) is 19.7 Å². The summed E-state index contributed by atoms with van der Waals surface area (Å²) in [6, 6.07) is 5.98. The van der Waals surface area contributed by atoms with Gasteiger partial charge >= 0.3 is 6.09 Å². The minimum absolute atomic E-state index is 0. The van der Waals surface area contributed by atoms with Gasteiger partial charge in [0.15, 0.2) is 0 Å². The molecule has 31 heavy (non-hydrogen) atoms. The van der Waals surface area contributed by atoms with E-state index >= 15 is 0 Å². The van der Waals surface area contributed by atoms with E-state index in [9.17, 15) is 14.0 Å². The van der Waals surface area contributed by atoms with E-state index in [0.29, 0.717) is 12.6 Å². The molecule has 5 rings (SSSR count). The molecule has 2 amide bonds. The van der Waals surface area contributed by atoms with Crippen molar-refractivity contribution in [2.24, 2.45) is 0 Å². The fourth-order valence-electron chi connectivity index (χ4n) is 6.83. The van der Waals surface area contributed by atoms with Gasteiger partial charge in [-0.3, -0.25) is 9.69 Å². The van der Waals surface area contributed by atoms with Crippen LogP contribution in [0.25, 0.3) is 0 Å². The zero-order valence-corrected chi connectivity index (χ0v) is 18.4. The molecular weight excluding hydrogens is 397 g/mol. The second-order valence-corrected chi connectivity index (χ2v) is 9.81. The average molecular weight is 432 g/mol. The molecule has 1 aliphatic carbocycles. The number of amides is 2. The first-order valence-electron chi connectivity index (χ1n) is 11.7. The maximum atomic E-state index is 14.0. The maximum Gasteiger partial charge on any atom is 0.410 e. The number of rotatable bonds is 3. The summed E-state index contributed by atoms with van der Waals surface area (Å²) in [6.45, 7) is 5.74. The minimum Gasteiger partial charge on any atom is -0.450 e. The van der Waals surface area contributed by atoms with Gasteiger partial charge in [0.2, 0.25) is 5.91 Å². The number of hydrogen-bond donors (Lipinski definition) is 1. The molecule has 1 N–H and O–H groups in total. The van der Waals surface area contributed by atoms with Crippen LogP contribution in [0.3, 0.4) is 0 Å². The molecular formula is C24H34FN3O3. The monoisotopic (exact) mass is 431 g/mol. The molecule has 0 saturated carbocycles. The van der Waals surface area contributed by atoms with Crippen molar-refractivity contribution in [3.8, 4) is 0 Å². The highest BCUT2D eigenvalue weighted by atomic mass is 19.1. The Balaban J connectivity index is 0.00000245. The average Bonchev–Trinajstić information content (AvgIpc) is 3.35. The normalized spacial score (nSPS) is 34.2. The molecule has 3 heterocycles. The predicted octanol–water partition coefficient (Wildman–Crippen LogP) is 3.75. The summed E-state index contributed by atoms with van der Waals surface area (Å²) in [4.78, 5) is 28.8. The lowest BCUT2D eigenvalue weighted by Gasteiger charge is -2.42. The van der Waals surface area contributed by atoms with Crippen LogP contribution in [-0.2, 0) is 14.9 Å². The van der Waals surface area contributed by atoms with Crippen LogP contribution in [0.1, 0.15) is 71.0 Å². The zero-order chi connectivity index (χ0) is 21.8. The number of nitrogens with one attached hydrogen (secondary N) is 1. The highest BCUT2D eigenvalue weighted by Crippen LogP contribution is 2.51. The number of piperidine rings is 1. The van der Waals surface area contributed by atoms with Crippen molar-refractivity contribution in [3.05, 3.63) is 35.1 Å². The van der Waals surface area contributed by atoms with Crippen LogP contribution in [0.5, 0.6) is 0 Å². The van der Waals surface area contributed by atoms with E-state index in [1.807, 2.05) is 17.9 Å². The summed E-state index contributed by atoms with van der Waals surface area (Å²) in [5, 5.41) is 3.04. The van der Waals surface area contributed by atoms with Gasteiger partial charge in [-0.2, -0.15) is 0 Å². The molecule has 0 aromatic heterocycles. The third kappa shape index (κ3) is 3.51. The number of carbonyl (C=O) groups is 2. The van der Waals surface area contributed by atoms with Gasteiger partial charge in [-0.15, -0.1) is 0 Å². The van der Waals surface area contributed by atoms with Crippen LogP contribution in [0, 0.1) is 5.82 Å². The number of benzene rings is 1. The molecule has 0 radical (unpaired) electrons. The number of carbonyl (C=O) groups excluding carboxylic acids is 2. The number of ether oxygens (including phenoxy) is 1. The quantitative estimate of drug-likeness (QED) is 0.792. The van der Waals surface area contributed by atoms with Crippen LogP contribution in [0.15, 0.2) is 18.2 Å². The minimum atomic E-state index is -0.246. The van der Waals surface area contributed by atoms with Crippen molar-refractivity contribution < 1.29 is 20.1 Å². The van der Waals surface area contributed by atoms with Crippen molar-refractivity contribution in [1.29, 1.82) is 0 Å². The van der Waals surface area contributed by atoms with E-state index in [2.05, 4.69) is 10.2 Å². The van der Waals surface area contributed by atoms with E-state index in [-0.39, 0.29) is 42.8 Å². The summed E-state index contributed by atoms with van der Waals surface area (Å²) in [6.07, 6.45) is 5.81. The van der Waals surface area contributed by atoms with Crippen molar-refractivity contribution in [1.82, 2.24) is 15.1 Å². The second-order valence-electron chi connectivity index (χ2n) is 9.81. The third-order valence-electron chi connectivity index (χ3n) is 8.02. The molecule has 170 valence electrons. The molecule has 7 heteroatoms. The van der Waals surface area contributed by atoms with E-state index < -0.39 is 0 Å². The van der Waals surface area contributed by atoms with Crippen molar-refractivity contribution >= 4 is 12.0 Å². The Morgan fingerprint density at radius 1 is 1.26 bits per heavy atom. The molecule has 3 aliphatic heterocycles. The van der Waals surface area contributed by atoms with Crippen LogP contribution in [0.4, 0.5) is 9.18 Å². The zero-order valence-electron chi connectivity index (χ0n) is 18.4. The molecule has 6 nitrogen and oxygen atoms in total. The third-order valence-corrected chi connectivity index (χ3v) is 8.02. The number of likely N-dealkylation sites (tertiary alicyclic amines) is 1. The topological polar surface area (TPSA) is 61.9 Å². The van der Waals surface area contributed by atoms with Crippen LogP contribution < -0.4 is 5.32 Å². The van der Waals surface area contributed by atoms with E-state index in [4.69, 9.17) is 4.74 Å². The number of hydrogen-bond acceptors (Lipinski definition) is 4.